The number of benzene rings is 1. The number of imidazole rings is 1. The number of H-pyrrole nitrogens is 1. The van der Waals surface area contributed by atoms with Crippen LogP contribution in [-0.2, 0) is 12.0 Å². The zero-order valence-corrected chi connectivity index (χ0v) is 13.0. The zero-order valence-electron chi connectivity index (χ0n) is 13.0. The Hall–Kier alpha value is -1.61. The maximum atomic E-state index is 6.43. The number of aromatic amines is 1. The molecule has 0 fully saturated rings. The van der Waals surface area contributed by atoms with Crippen molar-refractivity contribution in [3.63, 3.8) is 0 Å². The topological polar surface area (TPSA) is 54.7 Å². The standard InChI is InChI=1S/C17H25N3/c1-5-13-8-10-14(11-9-13)15-12(4)19-16(20-15)17(18,6-2)7-3/h8-11H,5-7,18H2,1-4H3,(H,19,20). The molecule has 0 aliphatic rings. The van der Waals surface area contributed by atoms with Gasteiger partial charge in [0, 0.05) is 11.3 Å². The van der Waals surface area contributed by atoms with Gasteiger partial charge in [-0.15, -0.1) is 0 Å². The minimum atomic E-state index is -0.355. The van der Waals surface area contributed by atoms with Crippen molar-refractivity contribution >= 4 is 0 Å². The van der Waals surface area contributed by atoms with Crippen LogP contribution in [0.4, 0.5) is 0 Å². The van der Waals surface area contributed by atoms with Crippen molar-refractivity contribution in [3.05, 3.63) is 41.3 Å². The van der Waals surface area contributed by atoms with Gasteiger partial charge in [-0.3, -0.25) is 0 Å². The Balaban J connectivity index is 2.40. The van der Waals surface area contributed by atoms with Gasteiger partial charge in [0.2, 0.25) is 0 Å². The third kappa shape index (κ3) is 2.63. The summed E-state index contributed by atoms with van der Waals surface area (Å²) in [5.74, 6) is 0.898. The van der Waals surface area contributed by atoms with Crippen LogP contribution in [0.25, 0.3) is 11.3 Å². The molecule has 0 radical (unpaired) electrons. The molecule has 3 heteroatoms. The van der Waals surface area contributed by atoms with E-state index in [0.717, 1.165) is 42.0 Å². The predicted octanol–water partition coefficient (Wildman–Crippen LogP) is 3.92. The highest BCUT2D eigenvalue weighted by atomic mass is 15.0. The molecule has 1 heterocycles. The van der Waals surface area contributed by atoms with Gasteiger partial charge in [-0.05, 0) is 31.7 Å². The van der Waals surface area contributed by atoms with Crippen molar-refractivity contribution < 1.29 is 0 Å². The van der Waals surface area contributed by atoms with Crippen LogP contribution in [0.15, 0.2) is 24.3 Å². The second kappa shape index (κ2) is 5.80. The summed E-state index contributed by atoms with van der Waals surface area (Å²) in [6.07, 6.45) is 2.82. The highest BCUT2D eigenvalue weighted by Gasteiger charge is 2.27. The van der Waals surface area contributed by atoms with Gasteiger partial charge in [0.25, 0.3) is 0 Å². The molecule has 0 saturated carbocycles. The Morgan fingerprint density at radius 3 is 2.20 bits per heavy atom. The lowest BCUT2D eigenvalue weighted by molar-refractivity contribution is 0.390. The molecule has 3 nitrogen and oxygen atoms in total. The average molecular weight is 271 g/mol. The van der Waals surface area contributed by atoms with Crippen LogP contribution in [0.2, 0.25) is 0 Å². The third-order valence-corrected chi connectivity index (χ3v) is 4.25. The number of rotatable bonds is 5. The lowest BCUT2D eigenvalue weighted by Gasteiger charge is -2.23. The monoisotopic (exact) mass is 271 g/mol. The molecular weight excluding hydrogens is 246 g/mol. The number of nitrogens with one attached hydrogen (secondary N) is 1. The Morgan fingerprint density at radius 2 is 1.70 bits per heavy atom. The van der Waals surface area contributed by atoms with E-state index in [0.29, 0.717) is 0 Å². The first-order valence-electron chi connectivity index (χ1n) is 7.49. The number of nitrogens with two attached hydrogens (primary N) is 1. The Bertz CT molecular complexity index is 562. The van der Waals surface area contributed by atoms with E-state index >= 15 is 0 Å². The molecule has 0 aliphatic carbocycles. The SMILES string of the molecule is CCc1ccc(-c2nc(C(N)(CC)CC)[nH]c2C)cc1. The molecule has 3 N–H and O–H groups in total. The maximum absolute atomic E-state index is 6.43. The van der Waals surface area contributed by atoms with E-state index in [9.17, 15) is 0 Å². The zero-order chi connectivity index (χ0) is 14.8. The molecule has 0 saturated heterocycles. The number of aryl methyl sites for hydroxylation is 2. The van der Waals surface area contributed by atoms with Crippen molar-refractivity contribution in [2.24, 2.45) is 5.73 Å². The van der Waals surface area contributed by atoms with Crippen LogP contribution in [0.5, 0.6) is 0 Å². The molecule has 2 rings (SSSR count). The van der Waals surface area contributed by atoms with Crippen molar-refractivity contribution in [1.29, 1.82) is 0 Å². The van der Waals surface area contributed by atoms with Crippen LogP contribution >= 0.6 is 0 Å². The largest absolute Gasteiger partial charge is 0.344 e. The summed E-state index contributed by atoms with van der Waals surface area (Å²) in [5, 5.41) is 0. The van der Waals surface area contributed by atoms with Gasteiger partial charge < -0.3 is 10.7 Å². The van der Waals surface area contributed by atoms with E-state index in [1.165, 1.54) is 5.56 Å². The van der Waals surface area contributed by atoms with Crippen LogP contribution < -0.4 is 5.73 Å². The first-order valence-corrected chi connectivity index (χ1v) is 7.49. The second-order valence-corrected chi connectivity index (χ2v) is 5.47. The molecule has 1 aromatic heterocycles. The van der Waals surface area contributed by atoms with E-state index in [1.807, 2.05) is 0 Å². The minimum Gasteiger partial charge on any atom is -0.344 e. The Morgan fingerprint density at radius 1 is 1.10 bits per heavy atom. The lowest BCUT2D eigenvalue weighted by Crippen LogP contribution is -2.36. The normalized spacial score (nSPS) is 11.8. The molecular formula is C17H25N3. The van der Waals surface area contributed by atoms with E-state index in [2.05, 4.69) is 56.9 Å². The summed E-state index contributed by atoms with van der Waals surface area (Å²) in [7, 11) is 0. The molecule has 1 aromatic carbocycles. The Labute approximate surface area is 121 Å². The second-order valence-electron chi connectivity index (χ2n) is 5.47. The van der Waals surface area contributed by atoms with Crippen molar-refractivity contribution in [3.8, 4) is 11.3 Å². The van der Waals surface area contributed by atoms with Crippen molar-refractivity contribution in [2.45, 2.75) is 52.5 Å². The van der Waals surface area contributed by atoms with E-state index < -0.39 is 0 Å². The number of hydrogen-bond donors (Lipinski definition) is 2. The van der Waals surface area contributed by atoms with E-state index in [4.69, 9.17) is 10.7 Å². The van der Waals surface area contributed by atoms with Gasteiger partial charge in [-0.25, -0.2) is 4.98 Å². The maximum Gasteiger partial charge on any atom is 0.127 e. The van der Waals surface area contributed by atoms with Gasteiger partial charge in [-0.2, -0.15) is 0 Å². The lowest BCUT2D eigenvalue weighted by atomic mass is 9.93. The molecule has 0 amide bonds. The molecule has 108 valence electrons. The first-order chi connectivity index (χ1) is 9.54. The molecule has 0 aliphatic heterocycles. The van der Waals surface area contributed by atoms with Gasteiger partial charge in [0.1, 0.15) is 5.82 Å². The highest BCUT2D eigenvalue weighted by Crippen LogP contribution is 2.28. The molecule has 20 heavy (non-hydrogen) atoms. The summed E-state index contributed by atoms with van der Waals surface area (Å²) < 4.78 is 0. The van der Waals surface area contributed by atoms with Gasteiger partial charge in [0.15, 0.2) is 0 Å². The quantitative estimate of drug-likeness (QED) is 0.866. The van der Waals surface area contributed by atoms with Crippen LogP contribution in [0.3, 0.4) is 0 Å². The average Bonchev–Trinajstić information content (AvgIpc) is 2.89. The van der Waals surface area contributed by atoms with Crippen LogP contribution in [0.1, 0.15) is 50.7 Å². The van der Waals surface area contributed by atoms with Gasteiger partial charge >= 0.3 is 0 Å². The third-order valence-electron chi connectivity index (χ3n) is 4.25. The fourth-order valence-corrected chi connectivity index (χ4v) is 2.46. The fourth-order valence-electron chi connectivity index (χ4n) is 2.46. The minimum absolute atomic E-state index is 0.355. The van der Waals surface area contributed by atoms with Crippen molar-refractivity contribution in [1.82, 2.24) is 9.97 Å². The molecule has 0 spiro atoms. The molecule has 0 bridgehead atoms. The molecule has 2 aromatic rings. The van der Waals surface area contributed by atoms with E-state index in [1.54, 1.807) is 0 Å². The fraction of sp³-hybridized carbons (Fsp3) is 0.471. The molecule has 0 unspecified atom stereocenters. The predicted molar refractivity (Wildman–Crippen MR) is 84.6 cm³/mol. The van der Waals surface area contributed by atoms with Crippen molar-refractivity contribution in [2.75, 3.05) is 0 Å². The Kier molecular flexibility index (Phi) is 4.29. The number of hydrogen-bond acceptors (Lipinski definition) is 2. The number of nitrogens with zero attached hydrogens (tertiary/aromatic N) is 1. The highest BCUT2D eigenvalue weighted by molar-refractivity contribution is 5.62. The van der Waals surface area contributed by atoms with E-state index in [-0.39, 0.29) is 5.54 Å². The summed E-state index contributed by atoms with van der Waals surface area (Å²) >= 11 is 0. The van der Waals surface area contributed by atoms with Crippen LogP contribution in [0, 0.1) is 6.92 Å². The summed E-state index contributed by atoms with van der Waals surface area (Å²) in [6, 6.07) is 8.61. The van der Waals surface area contributed by atoms with Gasteiger partial charge in [-0.1, -0.05) is 45.0 Å². The summed E-state index contributed by atoms with van der Waals surface area (Å²) in [4.78, 5) is 8.15. The first kappa shape index (κ1) is 14.8. The smallest absolute Gasteiger partial charge is 0.127 e. The van der Waals surface area contributed by atoms with Gasteiger partial charge in [0.05, 0.1) is 11.2 Å². The molecule has 0 atom stereocenters. The summed E-state index contributed by atoms with van der Waals surface area (Å²) in [5.41, 5.74) is 10.7. The summed E-state index contributed by atoms with van der Waals surface area (Å²) in [6.45, 7) is 8.44. The van der Waals surface area contributed by atoms with Crippen LogP contribution in [-0.4, -0.2) is 9.97 Å². The number of aromatic nitrogens is 2.